The summed E-state index contributed by atoms with van der Waals surface area (Å²) >= 11 is 1.54. The molecule has 3 heterocycles. The molecule has 1 aliphatic heterocycles. The molecule has 3 aromatic rings. The Hall–Kier alpha value is -2.87. The first kappa shape index (κ1) is 18.5. The molecule has 144 valence electrons. The Bertz CT molecular complexity index is 1060. The fraction of sp³-hybridized carbons (Fsp3) is 0.300. The lowest BCUT2D eigenvalue weighted by atomic mass is 10.0. The lowest BCUT2D eigenvalue weighted by molar-refractivity contribution is -0.144. The van der Waals surface area contributed by atoms with Crippen LogP contribution in [0.3, 0.4) is 0 Å². The van der Waals surface area contributed by atoms with E-state index in [-0.39, 0.29) is 23.7 Å². The van der Waals surface area contributed by atoms with Crippen LogP contribution in [-0.4, -0.2) is 39.0 Å². The Labute approximate surface area is 166 Å². The van der Waals surface area contributed by atoms with Gasteiger partial charge in [-0.05, 0) is 25.5 Å². The average Bonchev–Trinajstić information content (AvgIpc) is 2.86. The third kappa shape index (κ3) is 3.35. The van der Waals surface area contributed by atoms with Gasteiger partial charge in [-0.1, -0.05) is 24.3 Å². The minimum Gasteiger partial charge on any atom is -0.465 e. The van der Waals surface area contributed by atoms with E-state index in [2.05, 4.69) is 15.4 Å². The van der Waals surface area contributed by atoms with Crippen LogP contribution < -0.4 is 5.32 Å². The van der Waals surface area contributed by atoms with Crippen molar-refractivity contribution in [1.29, 1.82) is 0 Å². The van der Waals surface area contributed by atoms with Crippen LogP contribution in [0.1, 0.15) is 29.0 Å². The molecule has 0 fully saturated rings. The summed E-state index contributed by atoms with van der Waals surface area (Å²) in [5, 5.41) is 8.36. The Morgan fingerprint density at radius 2 is 2.18 bits per heavy atom. The molecule has 0 aliphatic carbocycles. The van der Waals surface area contributed by atoms with E-state index < -0.39 is 0 Å². The van der Waals surface area contributed by atoms with Crippen molar-refractivity contribution in [3.8, 4) is 0 Å². The van der Waals surface area contributed by atoms with Crippen LogP contribution in [0.4, 0.5) is 5.82 Å². The quantitative estimate of drug-likeness (QED) is 0.682. The van der Waals surface area contributed by atoms with E-state index >= 15 is 0 Å². The number of carbonyl (C=O) groups is 2. The van der Waals surface area contributed by atoms with Gasteiger partial charge in [-0.15, -0.1) is 11.8 Å². The number of para-hydroxylation sites is 1. The van der Waals surface area contributed by atoms with E-state index in [1.807, 2.05) is 37.3 Å². The van der Waals surface area contributed by atoms with Crippen molar-refractivity contribution >= 4 is 40.4 Å². The predicted octanol–water partition coefficient (Wildman–Crippen LogP) is 3.08. The Balaban J connectivity index is 1.84. The number of rotatable bonds is 4. The third-order valence-electron chi connectivity index (χ3n) is 4.61. The summed E-state index contributed by atoms with van der Waals surface area (Å²) in [7, 11) is 0. The normalized spacial score (nSPS) is 16.4. The minimum atomic E-state index is -0.387. The lowest BCUT2D eigenvalue weighted by Crippen LogP contribution is -2.20. The zero-order valence-electron chi connectivity index (χ0n) is 15.6. The van der Waals surface area contributed by atoms with Crippen LogP contribution in [0.25, 0.3) is 10.9 Å². The largest absolute Gasteiger partial charge is 0.465 e. The number of nitrogens with one attached hydrogen (secondary N) is 1. The molecule has 4 rings (SSSR count). The van der Waals surface area contributed by atoms with Crippen molar-refractivity contribution in [2.24, 2.45) is 0 Å². The molecule has 0 radical (unpaired) electrons. The van der Waals surface area contributed by atoms with Gasteiger partial charge >= 0.3 is 5.97 Å². The smallest absolute Gasteiger partial charge is 0.327 e. The number of hydrogen-bond acceptors (Lipinski definition) is 6. The molecule has 0 spiro atoms. The van der Waals surface area contributed by atoms with Gasteiger partial charge in [-0.25, -0.2) is 4.68 Å². The molecule has 2 aromatic heterocycles. The van der Waals surface area contributed by atoms with Gasteiger partial charge in [0.05, 0.1) is 28.8 Å². The van der Waals surface area contributed by atoms with Gasteiger partial charge in [0.15, 0.2) is 0 Å². The summed E-state index contributed by atoms with van der Waals surface area (Å²) in [5.41, 5.74) is 3.60. The fourth-order valence-electron chi connectivity index (χ4n) is 3.48. The number of ether oxygens (including phenoxy) is 1. The number of pyridine rings is 1. The van der Waals surface area contributed by atoms with Crippen molar-refractivity contribution in [1.82, 2.24) is 14.8 Å². The molecule has 1 atom stereocenters. The van der Waals surface area contributed by atoms with Crippen LogP contribution in [-0.2, 0) is 20.9 Å². The zero-order valence-corrected chi connectivity index (χ0v) is 16.5. The van der Waals surface area contributed by atoms with Crippen molar-refractivity contribution in [3.05, 3.63) is 53.3 Å². The molecule has 8 heteroatoms. The van der Waals surface area contributed by atoms with Crippen LogP contribution >= 0.6 is 11.8 Å². The molecule has 7 nitrogen and oxygen atoms in total. The highest BCUT2D eigenvalue weighted by atomic mass is 32.2. The van der Waals surface area contributed by atoms with E-state index in [1.165, 1.54) is 16.4 Å². The first-order chi connectivity index (χ1) is 13.6. The van der Waals surface area contributed by atoms with E-state index in [9.17, 15) is 9.59 Å². The number of carbonyl (C=O) groups excluding carboxylic acids is 2. The molecule has 1 unspecified atom stereocenters. The fourth-order valence-corrected chi connectivity index (χ4v) is 4.69. The number of aryl methyl sites for hydroxylation is 1. The van der Waals surface area contributed by atoms with Gasteiger partial charge in [0, 0.05) is 17.1 Å². The van der Waals surface area contributed by atoms with Gasteiger partial charge in [0.2, 0.25) is 5.91 Å². The molecule has 28 heavy (non-hydrogen) atoms. The van der Waals surface area contributed by atoms with Crippen LogP contribution in [0.5, 0.6) is 0 Å². The Morgan fingerprint density at radius 3 is 3.00 bits per heavy atom. The molecule has 1 aliphatic rings. The monoisotopic (exact) mass is 396 g/mol. The Morgan fingerprint density at radius 1 is 1.36 bits per heavy atom. The maximum Gasteiger partial charge on any atom is 0.327 e. The number of fused-ring (bicyclic) bond motifs is 2. The summed E-state index contributed by atoms with van der Waals surface area (Å²) in [6.07, 6.45) is 1.77. The van der Waals surface area contributed by atoms with Gasteiger partial charge in [0.25, 0.3) is 0 Å². The maximum atomic E-state index is 12.4. The van der Waals surface area contributed by atoms with Crippen molar-refractivity contribution < 1.29 is 14.3 Å². The first-order valence-electron chi connectivity index (χ1n) is 9.06. The number of thioether (sulfide) groups is 1. The number of hydrogen-bond donors (Lipinski definition) is 1. The van der Waals surface area contributed by atoms with E-state index in [1.54, 1.807) is 13.1 Å². The second kappa shape index (κ2) is 7.63. The molecule has 0 saturated heterocycles. The van der Waals surface area contributed by atoms with E-state index in [4.69, 9.17) is 4.74 Å². The highest BCUT2D eigenvalue weighted by Crippen LogP contribution is 2.44. The summed E-state index contributed by atoms with van der Waals surface area (Å²) in [4.78, 5) is 28.9. The summed E-state index contributed by atoms with van der Waals surface area (Å²) in [6, 6.07) is 9.99. The average molecular weight is 396 g/mol. The lowest BCUT2D eigenvalue weighted by Gasteiger charge is -2.17. The minimum absolute atomic E-state index is 0.0462. The molecule has 0 bridgehead atoms. The SMILES string of the molecule is CCOC(=O)Cn1nc(C)c2c1NC(=O)CSC2c1cccc2cccnc12. The second-order valence-corrected chi connectivity index (χ2v) is 7.57. The van der Waals surface area contributed by atoms with Crippen LogP contribution in [0.15, 0.2) is 36.5 Å². The molecular weight excluding hydrogens is 376 g/mol. The molecule has 0 saturated carbocycles. The van der Waals surface area contributed by atoms with E-state index in [0.717, 1.165) is 27.7 Å². The standard InChI is InChI=1S/C20H20N4O3S/c1-3-27-16(26)10-24-20-17(12(2)23-24)19(28-11-15(25)22-20)14-8-4-6-13-7-5-9-21-18(13)14/h4-9,19H,3,10-11H2,1-2H3,(H,22,25). The van der Waals surface area contributed by atoms with Gasteiger partial charge in [0.1, 0.15) is 12.4 Å². The van der Waals surface area contributed by atoms with Gasteiger partial charge in [-0.3, -0.25) is 14.6 Å². The van der Waals surface area contributed by atoms with Crippen molar-refractivity contribution in [2.45, 2.75) is 25.6 Å². The summed E-state index contributed by atoms with van der Waals surface area (Å²) < 4.78 is 6.57. The second-order valence-electron chi connectivity index (χ2n) is 6.47. The van der Waals surface area contributed by atoms with Crippen molar-refractivity contribution in [3.63, 3.8) is 0 Å². The van der Waals surface area contributed by atoms with Crippen molar-refractivity contribution in [2.75, 3.05) is 17.7 Å². The molecule has 1 amide bonds. The van der Waals surface area contributed by atoms with Gasteiger partial charge in [-0.2, -0.15) is 5.10 Å². The Kier molecular flexibility index (Phi) is 5.04. The maximum absolute atomic E-state index is 12.4. The van der Waals surface area contributed by atoms with E-state index in [0.29, 0.717) is 18.2 Å². The third-order valence-corrected chi connectivity index (χ3v) is 5.86. The van der Waals surface area contributed by atoms with Crippen LogP contribution in [0.2, 0.25) is 0 Å². The summed E-state index contributed by atoms with van der Waals surface area (Å²) in [5.74, 6) is 0.356. The molecule has 1 aromatic carbocycles. The topological polar surface area (TPSA) is 86.1 Å². The molecular formula is C20H20N4O3S. The predicted molar refractivity (Wildman–Crippen MR) is 108 cm³/mol. The number of amides is 1. The van der Waals surface area contributed by atoms with Gasteiger partial charge < -0.3 is 10.1 Å². The number of benzene rings is 1. The number of nitrogens with zero attached hydrogens (tertiary/aromatic N) is 3. The highest BCUT2D eigenvalue weighted by Gasteiger charge is 2.31. The van der Waals surface area contributed by atoms with Crippen LogP contribution in [0, 0.1) is 6.92 Å². The number of anilines is 1. The zero-order chi connectivity index (χ0) is 19.7. The highest BCUT2D eigenvalue weighted by molar-refractivity contribution is 8.00. The number of aromatic nitrogens is 3. The first-order valence-corrected chi connectivity index (χ1v) is 10.1. The summed E-state index contributed by atoms with van der Waals surface area (Å²) in [6.45, 7) is 3.90. The number of esters is 1. The molecule has 1 N–H and O–H groups in total.